The lowest BCUT2D eigenvalue weighted by Gasteiger charge is -2.21. The summed E-state index contributed by atoms with van der Waals surface area (Å²) >= 11 is 11.9. The highest BCUT2D eigenvalue weighted by Gasteiger charge is 2.41. The molecule has 162 valence electrons. The van der Waals surface area contributed by atoms with Gasteiger partial charge in [-0.05, 0) is 50.6 Å². The average Bonchev–Trinajstić information content (AvgIpc) is 2.97. The third-order valence-corrected chi connectivity index (χ3v) is 5.71. The van der Waals surface area contributed by atoms with E-state index in [1.54, 1.807) is 50.2 Å². The van der Waals surface area contributed by atoms with E-state index in [9.17, 15) is 19.2 Å². The number of carbonyl (C=O) groups excluding carboxylic acids is 4. The van der Waals surface area contributed by atoms with Crippen LogP contribution in [0.5, 0.6) is 0 Å². The summed E-state index contributed by atoms with van der Waals surface area (Å²) in [4.78, 5) is 50.6. The molecule has 9 heteroatoms. The highest BCUT2D eigenvalue weighted by atomic mass is 35.5. The molecule has 0 saturated carbocycles. The molecule has 2 aromatic carbocycles. The van der Waals surface area contributed by atoms with Crippen molar-refractivity contribution in [2.24, 2.45) is 0 Å². The minimum absolute atomic E-state index is 0.239. The van der Waals surface area contributed by atoms with E-state index in [-0.39, 0.29) is 11.1 Å². The molecule has 0 bridgehead atoms. The average molecular weight is 463 g/mol. The summed E-state index contributed by atoms with van der Waals surface area (Å²) in [7, 11) is 0. The summed E-state index contributed by atoms with van der Waals surface area (Å²) in [6.07, 6.45) is 0. The molecule has 0 radical (unpaired) electrons. The Labute approximate surface area is 189 Å². The largest absolute Gasteiger partial charge is 0.454 e. The van der Waals surface area contributed by atoms with Crippen LogP contribution in [0.1, 0.15) is 51.7 Å². The number of nitrogens with zero attached hydrogens (tertiary/aromatic N) is 1. The SMILES string of the molecule is Cc1ccc2c(c1)C(=O)N(C(C)C(=O)OCC(=O)NC(C)c1ccc(Cl)c(Cl)c1)C2=O. The molecule has 2 aromatic rings. The highest BCUT2D eigenvalue weighted by Crippen LogP contribution is 2.27. The number of ether oxygens (including phenoxy) is 1. The summed E-state index contributed by atoms with van der Waals surface area (Å²) in [5.74, 6) is -2.53. The van der Waals surface area contributed by atoms with Gasteiger partial charge >= 0.3 is 5.97 Å². The summed E-state index contributed by atoms with van der Waals surface area (Å²) < 4.78 is 5.03. The van der Waals surface area contributed by atoms with Gasteiger partial charge in [0, 0.05) is 0 Å². The van der Waals surface area contributed by atoms with Gasteiger partial charge in [-0.1, -0.05) is 40.9 Å². The Morgan fingerprint density at radius 1 is 1.00 bits per heavy atom. The van der Waals surface area contributed by atoms with Gasteiger partial charge in [-0.15, -0.1) is 0 Å². The van der Waals surface area contributed by atoms with Crippen LogP contribution in [-0.4, -0.2) is 41.2 Å². The van der Waals surface area contributed by atoms with Gasteiger partial charge in [-0.25, -0.2) is 4.79 Å². The molecule has 3 rings (SSSR count). The number of hydrogen-bond acceptors (Lipinski definition) is 5. The number of imide groups is 1. The normalized spacial score (nSPS) is 14.8. The van der Waals surface area contributed by atoms with Crippen molar-refractivity contribution in [1.29, 1.82) is 0 Å². The number of aryl methyl sites for hydroxylation is 1. The molecule has 0 aliphatic carbocycles. The molecule has 0 aromatic heterocycles. The topological polar surface area (TPSA) is 92.8 Å². The molecule has 1 N–H and O–H groups in total. The molecule has 1 aliphatic heterocycles. The molecule has 1 aliphatic rings. The molecule has 3 amide bonds. The number of amides is 3. The molecule has 2 atom stereocenters. The number of nitrogens with one attached hydrogen (secondary N) is 1. The summed E-state index contributed by atoms with van der Waals surface area (Å²) in [6, 6.07) is 8.27. The smallest absolute Gasteiger partial charge is 0.329 e. The number of hydrogen-bond donors (Lipinski definition) is 1. The third kappa shape index (κ3) is 4.73. The van der Waals surface area contributed by atoms with Crippen LogP contribution in [0.15, 0.2) is 36.4 Å². The van der Waals surface area contributed by atoms with Crippen molar-refractivity contribution in [2.75, 3.05) is 6.61 Å². The first-order valence-electron chi connectivity index (χ1n) is 9.49. The monoisotopic (exact) mass is 462 g/mol. The van der Waals surface area contributed by atoms with Crippen molar-refractivity contribution in [3.8, 4) is 0 Å². The highest BCUT2D eigenvalue weighted by molar-refractivity contribution is 6.42. The first-order chi connectivity index (χ1) is 14.6. The summed E-state index contributed by atoms with van der Waals surface area (Å²) in [5.41, 5.74) is 2.04. The Hall–Kier alpha value is -2.90. The van der Waals surface area contributed by atoms with Gasteiger partial charge in [0.2, 0.25) is 0 Å². The molecular weight excluding hydrogens is 443 g/mol. The quantitative estimate of drug-likeness (QED) is 0.521. The van der Waals surface area contributed by atoms with Crippen molar-refractivity contribution >= 4 is 46.9 Å². The molecule has 0 spiro atoms. The number of halogens is 2. The number of benzene rings is 2. The fourth-order valence-corrected chi connectivity index (χ4v) is 3.54. The summed E-state index contributed by atoms with van der Waals surface area (Å²) in [6.45, 7) is 4.36. The van der Waals surface area contributed by atoms with E-state index in [1.807, 2.05) is 0 Å². The van der Waals surface area contributed by atoms with Crippen LogP contribution < -0.4 is 5.32 Å². The first-order valence-corrected chi connectivity index (χ1v) is 10.2. The van der Waals surface area contributed by atoms with Crippen LogP contribution in [0.2, 0.25) is 10.0 Å². The van der Waals surface area contributed by atoms with Crippen molar-refractivity contribution in [3.05, 3.63) is 68.7 Å². The van der Waals surface area contributed by atoms with Gasteiger partial charge in [-0.3, -0.25) is 19.3 Å². The molecule has 31 heavy (non-hydrogen) atoms. The zero-order valence-corrected chi connectivity index (χ0v) is 18.6. The van der Waals surface area contributed by atoms with Gasteiger partial charge in [0.05, 0.1) is 27.2 Å². The van der Waals surface area contributed by atoms with Crippen LogP contribution >= 0.6 is 23.2 Å². The van der Waals surface area contributed by atoms with Gasteiger partial charge in [0.1, 0.15) is 6.04 Å². The maximum Gasteiger partial charge on any atom is 0.329 e. The maximum absolute atomic E-state index is 12.6. The Bertz CT molecular complexity index is 1090. The van der Waals surface area contributed by atoms with Crippen molar-refractivity contribution < 1.29 is 23.9 Å². The van der Waals surface area contributed by atoms with E-state index in [0.29, 0.717) is 10.0 Å². The first kappa shape index (κ1) is 22.8. The zero-order chi connectivity index (χ0) is 22.9. The molecule has 0 fully saturated rings. The Morgan fingerprint density at radius 2 is 1.68 bits per heavy atom. The van der Waals surface area contributed by atoms with Crippen molar-refractivity contribution in [2.45, 2.75) is 32.9 Å². The van der Waals surface area contributed by atoms with E-state index in [0.717, 1.165) is 16.0 Å². The maximum atomic E-state index is 12.6. The minimum atomic E-state index is -1.17. The fourth-order valence-electron chi connectivity index (χ4n) is 3.24. The van der Waals surface area contributed by atoms with E-state index in [4.69, 9.17) is 27.9 Å². The molecule has 2 unspecified atom stereocenters. The second-order valence-electron chi connectivity index (χ2n) is 7.28. The molecule has 1 heterocycles. The lowest BCUT2D eigenvalue weighted by Crippen LogP contribution is -2.44. The van der Waals surface area contributed by atoms with Gasteiger partial charge in [0.25, 0.3) is 17.7 Å². The minimum Gasteiger partial charge on any atom is -0.454 e. The second kappa shape index (κ2) is 9.08. The lowest BCUT2D eigenvalue weighted by molar-refractivity contribution is -0.152. The second-order valence-corrected chi connectivity index (χ2v) is 8.09. The van der Waals surface area contributed by atoms with Crippen LogP contribution in [0.4, 0.5) is 0 Å². The standard InChI is InChI=1S/C22H20Cl2N2O5/c1-11-4-6-15-16(8-11)21(29)26(20(15)28)13(3)22(30)31-10-19(27)25-12(2)14-5-7-17(23)18(24)9-14/h4-9,12-13H,10H2,1-3H3,(H,25,27). The number of carbonyl (C=O) groups is 4. The number of fused-ring (bicyclic) bond motifs is 1. The predicted molar refractivity (Wildman–Crippen MR) is 115 cm³/mol. The van der Waals surface area contributed by atoms with Crippen LogP contribution in [0.25, 0.3) is 0 Å². The predicted octanol–water partition coefficient (Wildman–Crippen LogP) is 3.71. The van der Waals surface area contributed by atoms with Crippen LogP contribution in [0, 0.1) is 6.92 Å². The lowest BCUT2D eigenvalue weighted by atomic mass is 10.1. The molecular formula is C22H20Cl2N2O5. The van der Waals surface area contributed by atoms with Gasteiger partial charge < -0.3 is 10.1 Å². The molecule has 0 saturated heterocycles. The fraction of sp³-hybridized carbons (Fsp3) is 0.273. The molecule has 7 nitrogen and oxygen atoms in total. The van der Waals surface area contributed by atoms with Gasteiger partial charge in [-0.2, -0.15) is 0 Å². The number of rotatable bonds is 6. The van der Waals surface area contributed by atoms with Gasteiger partial charge in [0.15, 0.2) is 6.61 Å². The van der Waals surface area contributed by atoms with E-state index in [2.05, 4.69) is 5.32 Å². The van der Waals surface area contributed by atoms with Crippen molar-refractivity contribution in [1.82, 2.24) is 10.2 Å². The third-order valence-electron chi connectivity index (χ3n) is 4.97. The van der Waals surface area contributed by atoms with Crippen molar-refractivity contribution in [3.63, 3.8) is 0 Å². The zero-order valence-electron chi connectivity index (χ0n) is 17.1. The Kier molecular flexibility index (Phi) is 6.67. The van der Waals surface area contributed by atoms with Crippen LogP contribution in [0.3, 0.4) is 0 Å². The van der Waals surface area contributed by atoms with E-state index in [1.165, 1.54) is 6.92 Å². The number of esters is 1. The van der Waals surface area contributed by atoms with Crippen LogP contribution in [-0.2, 0) is 14.3 Å². The van der Waals surface area contributed by atoms with E-state index >= 15 is 0 Å². The summed E-state index contributed by atoms with van der Waals surface area (Å²) in [5, 5.41) is 3.44. The Morgan fingerprint density at radius 3 is 2.35 bits per heavy atom. The Balaban J connectivity index is 1.58. The van der Waals surface area contributed by atoms with E-state index < -0.39 is 42.4 Å².